The van der Waals surface area contributed by atoms with Crippen molar-refractivity contribution in [1.82, 2.24) is 15.5 Å². The Hall–Kier alpha value is -1.40. The van der Waals surface area contributed by atoms with Gasteiger partial charge in [0.25, 0.3) is 5.91 Å². The minimum absolute atomic E-state index is 0.0311. The van der Waals surface area contributed by atoms with Crippen LogP contribution in [0.1, 0.15) is 10.4 Å². The summed E-state index contributed by atoms with van der Waals surface area (Å²) >= 11 is 11.1. The van der Waals surface area contributed by atoms with Crippen molar-refractivity contribution in [2.45, 2.75) is 0 Å². The molecule has 0 aliphatic carbocycles. The summed E-state index contributed by atoms with van der Waals surface area (Å²) < 4.78 is 0. The predicted octanol–water partition coefficient (Wildman–Crippen LogP) is -0.00150. The highest BCUT2D eigenvalue weighted by Crippen LogP contribution is 2.14. The van der Waals surface area contributed by atoms with E-state index < -0.39 is 11.8 Å². The number of primary amides is 1. The van der Waals surface area contributed by atoms with Crippen molar-refractivity contribution in [3.8, 4) is 0 Å². The average Bonchev–Trinajstić information content (AvgIpc) is 2.18. The SMILES string of the molecule is NC(=O)CNC(=O)c1cc(Cl)nnc1Cl. The minimum Gasteiger partial charge on any atom is -0.368 e. The molecular formula is C7H6Cl2N4O2. The zero-order valence-electron chi connectivity index (χ0n) is 7.33. The number of nitrogens with one attached hydrogen (secondary N) is 1. The molecule has 6 nitrogen and oxygen atoms in total. The van der Waals surface area contributed by atoms with Crippen molar-refractivity contribution in [1.29, 1.82) is 0 Å². The number of hydrogen-bond donors (Lipinski definition) is 2. The molecule has 0 atom stereocenters. The summed E-state index contributed by atoms with van der Waals surface area (Å²) in [5.74, 6) is -1.25. The Bertz CT molecular complexity index is 410. The number of rotatable bonds is 3. The fourth-order valence-corrected chi connectivity index (χ4v) is 1.10. The molecule has 1 aromatic heterocycles. The Labute approximate surface area is 94.8 Å². The van der Waals surface area contributed by atoms with E-state index >= 15 is 0 Å². The maximum absolute atomic E-state index is 11.4. The van der Waals surface area contributed by atoms with E-state index in [2.05, 4.69) is 15.5 Å². The van der Waals surface area contributed by atoms with Crippen LogP contribution in [0.5, 0.6) is 0 Å². The fraction of sp³-hybridized carbons (Fsp3) is 0.143. The molecule has 0 bridgehead atoms. The maximum atomic E-state index is 11.4. The second kappa shape index (κ2) is 4.90. The van der Waals surface area contributed by atoms with Gasteiger partial charge in [-0.3, -0.25) is 9.59 Å². The second-order valence-corrected chi connectivity index (χ2v) is 3.27. The third-order valence-corrected chi connectivity index (χ3v) is 1.85. The topological polar surface area (TPSA) is 98.0 Å². The van der Waals surface area contributed by atoms with E-state index in [0.717, 1.165) is 0 Å². The number of nitrogens with zero attached hydrogens (tertiary/aromatic N) is 2. The molecule has 15 heavy (non-hydrogen) atoms. The maximum Gasteiger partial charge on any atom is 0.255 e. The summed E-state index contributed by atoms with van der Waals surface area (Å²) in [6.45, 7) is -0.283. The molecule has 1 rings (SSSR count). The standard InChI is InChI=1S/C7H6Cl2N4O2/c8-4-1-3(6(9)13-12-4)7(15)11-2-5(10)14/h1H,2H2,(H2,10,14)(H,11,15). The molecule has 0 fully saturated rings. The molecule has 80 valence electrons. The van der Waals surface area contributed by atoms with E-state index in [1.807, 2.05) is 0 Å². The Kier molecular flexibility index (Phi) is 3.81. The quantitative estimate of drug-likeness (QED) is 0.787. The third kappa shape index (κ3) is 3.34. The van der Waals surface area contributed by atoms with Crippen LogP contribution in [-0.2, 0) is 4.79 Å². The molecule has 1 heterocycles. The molecule has 0 aliphatic heterocycles. The van der Waals surface area contributed by atoms with E-state index in [9.17, 15) is 9.59 Å². The fourth-order valence-electron chi connectivity index (χ4n) is 0.775. The lowest BCUT2D eigenvalue weighted by molar-refractivity contribution is -0.117. The monoisotopic (exact) mass is 248 g/mol. The molecule has 2 amide bonds. The first-order valence-electron chi connectivity index (χ1n) is 3.76. The molecule has 0 spiro atoms. The molecule has 0 aliphatic rings. The molecule has 0 aromatic carbocycles. The lowest BCUT2D eigenvalue weighted by Gasteiger charge is -2.03. The Morgan fingerprint density at radius 2 is 2.07 bits per heavy atom. The molecular weight excluding hydrogens is 243 g/mol. The Morgan fingerprint density at radius 1 is 1.40 bits per heavy atom. The lowest BCUT2D eigenvalue weighted by Crippen LogP contribution is -2.33. The summed E-state index contributed by atoms with van der Waals surface area (Å²) in [5, 5.41) is 9.04. The highest BCUT2D eigenvalue weighted by atomic mass is 35.5. The number of aromatic nitrogens is 2. The van der Waals surface area contributed by atoms with Gasteiger partial charge in [0.05, 0.1) is 12.1 Å². The Balaban J connectivity index is 2.81. The smallest absolute Gasteiger partial charge is 0.255 e. The molecule has 1 aromatic rings. The number of carbonyl (C=O) groups is 2. The van der Waals surface area contributed by atoms with E-state index in [0.29, 0.717) is 0 Å². The molecule has 0 unspecified atom stereocenters. The Morgan fingerprint density at radius 3 is 2.67 bits per heavy atom. The number of hydrogen-bond acceptors (Lipinski definition) is 4. The molecule has 0 saturated heterocycles. The summed E-state index contributed by atoms with van der Waals surface area (Å²) in [4.78, 5) is 21.8. The highest BCUT2D eigenvalue weighted by molar-refractivity contribution is 6.34. The average molecular weight is 249 g/mol. The van der Waals surface area contributed by atoms with E-state index in [1.165, 1.54) is 6.07 Å². The third-order valence-electron chi connectivity index (χ3n) is 1.39. The van der Waals surface area contributed by atoms with Crippen LogP contribution in [0, 0.1) is 0 Å². The number of amides is 2. The van der Waals surface area contributed by atoms with E-state index in [4.69, 9.17) is 28.9 Å². The normalized spacial score (nSPS) is 9.73. The van der Waals surface area contributed by atoms with Crippen LogP contribution in [0.4, 0.5) is 0 Å². The second-order valence-electron chi connectivity index (χ2n) is 2.52. The van der Waals surface area contributed by atoms with Gasteiger partial charge in [0.15, 0.2) is 10.3 Å². The minimum atomic E-state index is -0.660. The van der Waals surface area contributed by atoms with Gasteiger partial charge in [0, 0.05) is 0 Å². The van der Waals surface area contributed by atoms with Gasteiger partial charge in [-0.25, -0.2) is 0 Å². The molecule has 8 heteroatoms. The van der Waals surface area contributed by atoms with Crippen LogP contribution >= 0.6 is 23.2 Å². The van der Waals surface area contributed by atoms with Crippen molar-refractivity contribution in [3.63, 3.8) is 0 Å². The zero-order valence-corrected chi connectivity index (χ0v) is 8.84. The van der Waals surface area contributed by atoms with Crippen molar-refractivity contribution in [2.75, 3.05) is 6.54 Å². The number of carbonyl (C=O) groups excluding carboxylic acids is 2. The number of halogens is 2. The van der Waals surface area contributed by atoms with Gasteiger partial charge in [0.2, 0.25) is 5.91 Å². The molecule has 0 saturated carbocycles. The van der Waals surface area contributed by atoms with Crippen LogP contribution in [-0.4, -0.2) is 28.6 Å². The zero-order chi connectivity index (χ0) is 11.4. The first kappa shape index (κ1) is 11.7. The summed E-state index contributed by atoms with van der Waals surface area (Å²) in [6.07, 6.45) is 0. The van der Waals surface area contributed by atoms with Crippen molar-refractivity contribution in [3.05, 3.63) is 21.9 Å². The van der Waals surface area contributed by atoms with E-state index in [1.54, 1.807) is 0 Å². The number of nitrogens with two attached hydrogens (primary N) is 1. The summed E-state index contributed by atoms with van der Waals surface area (Å²) in [5.41, 5.74) is 4.89. The van der Waals surface area contributed by atoms with Gasteiger partial charge < -0.3 is 11.1 Å². The first-order chi connectivity index (χ1) is 7.00. The lowest BCUT2D eigenvalue weighted by atomic mass is 10.3. The van der Waals surface area contributed by atoms with Crippen LogP contribution < -0.4 is 11.1 Å². The molecule has 3 N–H and O–H groups in total. The largest absolute Gasteiger partial charge is 0.368 e. The van der Waals surface area contributed by atoms with Gasteiger partial charge in [-0.2, -0.15) is 0 Å². The van der Waals surface area contributed by atoms with Crippen LogP contribution in [0.2, 0.25) is 10.3 Å². The highest BCUT2D eigenvalue weighted by Gasteiger charge is 2.13. The van der Waals surface area contributed by atoms with Gasteiger partial charge in [-0.1, -0.05) is 23.2 Å². The summed E-state index contributed by atoms with van der Waals surface area (Å²) in [6, 6.07) is 1.24. The van der Waals surface area contributed by atoms with Gasteiger partial charge in [-0.15, -0.1) is 10.2 Å². The van der Waals surface area contributed by atoms with Crippen LogP contribution in [0.3, 0.4) is 0 Å². The molecule has 0 radical (unpaired) electrons. The van der Waals surface area contributed by atoms with Crippen molar-refractivity contribution in [2.24, 2.45) is 5.73 Å². The van der Waals surface area contributed by atoms with Crippen molar-refractivity contribution < 1.29 is 9.59 Å². The predicted molar refractivity (Wildman–Crippen MR) is 53.6 cm³/mol. The van der Waals surface area contributed by atoms with Gasteiger partial charge >= 0.3 is 0 Å². The van der Waals surface area contributed by atoms with Gasteiger partial charge in [0.1, 0.15) is 0 Å². The van der Waals surface area contributed by atoms with E-state index in [-0.39, 0.29) is 22.4 Å². The van der Waals surface area contributed by atoms with Crippen molar-refractivity contribution >= 4 is 35.0 Å². The first-order valence-corrected chi connectivity index (χ1v) is 4.51. The summed E-state index contributed by atoms with van der Waals surface area (Å²) in [7, 11) is 0. The van der Waals surface area contributed by atoms with Crippen LogP contribution in [0.15, 0.2) is 6.07 Å². The van der Waals surface area contributed by atoms with Crippen LogP contribution in [0.25, 0.3) is 0 Å². The van der Waals surface area contributed by atoms with Gasteiger partial charge in [-0.05, 0) is 6.07 Å².